The highest BCUT2D eigenvalue weighted by atomic mass is 19.4. The molecular weight excluding hydrogens is 501 g/mol. The number of carbonyl (C=O) groups excluding carboxylic acids is 2. The number of benzene rings is 1. The first-order valence-electron chi connectivity index (χ1n) is 12.6. The molecule has 0 radical (unpaired) electrons. The van der Waals surface area contributed by atoms with E-state index in [1.54, 1.807) is 30.3 Å². The fourth-order valence-electron chi connectivity index (χ4n) is 4.37. The summed E-state index contributed by atoms with van der Waals surface area (Å²) in [5.41, 5.74) is -1.68. The zero-order valence-electron chi connectivity index (χ0n) is 21.5. The maximum atomic E-state index is 13.5. The number of hydrogen-bond donors (Lipinski definition) is 2. The quantitative estimate of drug-likeness (QED) is 0.436. The Morgan fingerprint density at radius 2 is 1.66 bits per heavy atom. The fraction of sp³-hybridized carbons (Fsp3) is 0.500. The molecule has 1 aliphatic rings. The topological polar surface area (TPSA) is 115 Å². The molecule has 12 heteroatoms. The van der Waals surface area contributed by atoms with Crippen LogP contribution in [0.3, 0.4) is 0 Å². The molecule has 0 bridgehead atoms. The van der Waals surface area contributed by atoms with Gasteiger partial charge in [0.2, 0.25) is 17.7 Å². The maximum Gasteiger partial charge on any atom is 0.435 e. The monoisotopic (exact) mass is 532 g/mol. The first-order valence-corrected chi connectivity index (χ1v) is 12.6. The minimum Gasteiger partial charge on any atom is -0.424 e. The van der Waals surface area contributed by atoms with Crippen molar-refractivity contribution in [2.45, 2.75) is 64.0 Å². The van der Waals surface area contributed by atoms with Gasteiger partial charge in [-0.15, -0.1) is 10.2 Å². The Morgan fingerprint density at radius 3 is 2.26 bits per heavy atom. The van der Waals surface area contributed by atoms with Crippen LogP contribution in [0.2, 0.25) is 0 Å². The molecule has 9 nitrogen and oxygen atoms in total. The number of alkyl halides is 3. The fourth-order valence-corrected chi connectivity index (χ4v) is 4.37. The second-order valence-corrected chi connectivity index (χ2v) is 10.5. The van der Waals surface area contributed by atoms with E-state index in [0.717, 1.165) is 23.7 Å². The number of para-hydroxylation sites is 1. The smallest absolute Gasteiger partial charge is 0.424 e. The van der Waals surface area contributed by atoms with Crippen LogP contribution in [0.15, 0.2) is 40.9 Å². The zero-order valence-corrected chi connectivity index (χ0v) is 21.5. The Balaban J connectivity index is 1.26. The lowest BCUT2D eigenvalue weighted by Crippen LogP contribution is -2.38. The normalized spacial score (nSPS) is 18.3. The van der Waals surface area contributed by atoms with Gasteiger partial charge >= 0.3 is 6.18 Å². The minimum absolute atomic E-state index is 0.0225. The van der Waals surface area contributed by atoms with Gasteiger partial charge < -0.3 is 15.1 Å². The lowest BCUT2D eigenvalue weighted by molar-refractivity contribution is -0.141. The molecule has 1 saturated carbocycles. The molecule has 1 aliphatic carbocycles. The molecule has 0 atom stereocenters. The summed E-state index contributed by atoms with van der Waals surface area (Å²) in [6, 6.07) is 8.22. The summed E-state index contributed by atoms with van der Waals surface area (Å²) in [6.45, 7) is 6.07. The number of amides is 2. The van der Waals surface area contributed by atoms with Gasteiger partial charge in [-0.05, 0) is 37.8 Å². The number of carbonyl (C=O) groups is 2. The van der Waals surface area contributed by atoms with Crippen molar-refractivity contribution in [3.05, 3.63) is 59.6 Å². The standard InChI is InChI=1S/C26H31F3N6O3/c1-25(2,3)24-33-32-23(38-24)17-11-9-16(10-12-17)21(36)30-13-14-31-22(37)19-15-35(18-7-5-4-6-8-18)34-20(19)26(27,28)29/h4-8,15-17H,9-14H2,1-3H3,(H,30,36)(H,31,37)/t16-,17-. The molecule has 1 fully saturated rings. The van der Waals surface area contributed by atoms with Crippen LogP contribution >= 0.6 is 0 Å². The lowest BCUT2D eigenvalue weighted by atomic mass is 9.81. The largest absolute Gasteiger partial charge is 0.435 e. The summed E-state index contributed by atoms with van der Waals surface area (Å²) in [5, 5.41) is 17.1. The molecule has 0 aliphatic heterocycles. The average Bonchev–Trinajstić information content (AvgIpc) is 3.55. The molecule has 0 unspecified atom stereocenters. The van der Waals surface area contributed by atoms with E-state index in [4.69, 9.17) is 4.42 Å². The molecular formula is C26H31F3N6O3. The molecule has 2 amide bonds. The van der Waals surface area contributed by atoms with E-state index in [0.29, 0.717) is 30.3 Å². The number of hydrogen-bond acceptors (Lipinski definition) is 6. The zero-order chi connectivity index (χ0) is 27.5. The van der Waals surface area contributed by atoms with Crippen LogP contribution in [0.4, 0.5) is 13.2 Å². The Morgan fingerprint density at radius 1 is 1.00 bits per heavy atom. The number of halogens is 3. The summed E-state index contributed by atoms with van der Waals surface area (Å²) in [5.74, 6) is 0.0545. The number of nitrogens with one attached hydrogen (secondary N) is 2. The molecule has 4 rings (SSSR count). The molecule has 2 N–H and O–H groups in total. The maximum absolute atomic E-state index is 13.5. The van der Waals surface area contributed by atoms with Crippen LogP contribution in [-0.2, 0) is 16.4 Å². The summed E-state index contributed by atoms with van der Waals surface area (Å²) in [6.07, 6.45) is -0.945. The van der Waals surface area contributed by atoms with Crippen molar-refractivity contribution >= 4 is 11.8 Å². The van der Waals surface area contributed by atoms with Crippen LogP contribution < -0.4 is 10.6 Å². The average molecular weight is 533 g/mol. The van der Waals surface area contributed by atoms with E-state index in [2.05, 4.69) is 25.9 Å². The second kappa shape index (κ2) is 11.0. The molecule has 204 valence electrons. The van der Waals surface area contributed by atoms with Crippen LogP contribution in [0.5, 0.6) is 0 Å². The van der Waals surface area contributed by atoms with Gasteiger partial charge in [-0.3, -0.25) is 9.59 Å². The highest BCUT2D eigenvalue weighted by molar-refractivity contribution is 5.95. The van der Waals surface area contributed by atoms with Crippen molar-refractivity contribution in [1.82, 2.24) is 30.6 Å². The Bertz CT molecular complexity index is 1260. The third-order valence-corrected chi connectivity index (χ3v) is 6.49. The van der Waals surface area contributed by atoms with E-state index in [1.807, 2.05) is 20.8 Å². The van der Waals surface area contributed by atoms with Gasteiger partial charge in [0.15, 0.2) is 5.69 Å². The molecule has 2 aromatic heterocycles. The van der Waals surface area contributed by atoms with Crippen LogP contribution in [-0.4, -0.2) is 44.9 Å². The van der Waals surface area contributed by atoms with Gasteiger partial charge in [-0.2, -0.15) is 18.3 Å². The van der Waals surface area contributed by atoms with Crippen LogP contribution in [0.25, 0.3) is 5.69 Å². The van der Waals surface area contributed by atoms with Crippen LogP contribution in [0.1, 0.15) is 80.2 Å². The number of aromatic nitrogens is 4. The number of nitrogens with zero attached hydrogens (tertiary/aromatic N) is 4. The van der Waals surface area contributed by atoms with E-state index >= 15 is 0 Å². The summed E-state index contributed by atoms with van der Waals surface area (Å²) < 4.78 is 47.4. The van der Waals surface area contributed by atoms with Gasteiger partial charge in [0.25, 0.3) is 5.91 Å². The van der Waals surface area contributed by atoms with E-state index < -0.39 is 23.3 Å². The molecule has 0 spiro atoms. The molecule has 0 saturated heterocycles. The van der Waals surface area contributed by atoms with Gasteiger partial charge in [0.1, 0.15) is 0 Å². The van der Waals surface area contributed by atoms with Crippen molar-refractivity contribution < 1.29 is 27.2 Å². The molecule has 3 aromatic rings. The third kappa shape index (κ3) is 6.40. The predicted molar refractivity (Wildman–Crippen MR) is 132 cm³/mol. The third-order valence-electron chi connectivity index (χ3n) is 6.49. The lowest BCUT2D eigenvalue weighted by Gasteiger charge is -2.25. The predicted octanol–water partition coefficient (Wildman–Crippen LogP) is 4.39. The van der Waals surface area contributed by atoms with Crippen LogP contribution in [0, 0.1) is 5.92 Å². The highest BCUT2D eigenvalue weighted by Crippen LogP contribution is 2.36. The first kappa shape index (κ1) is 27.3. The van der Waals surface area contributed by atoms with Crippen molar-refractivity contribution in [2.75, 3.05) is 13.1 Å². The molecule has 38 heavy (non-hydrogen) atoms. The number of rotatable bonds is 7. The van der Waals surface area contributed by atoms with Crippen molar-refractivity contribution in [2.24, 2.45) is 5.92 Å². The summed E-state index contributed by atoms with van der Waals surface area (Å²) >= 11 is 0. The van der Waals surface area contributed by atoms with E-state index in [1.165, 1.54) is 0 Å². The van der Waals surface area contributed by atoms with Gasteiger partial charge in [-0.1, -0.05) is 39.0 Å². The van der Waals surface area contributed by atoms with Crippen molar-refractivity contribution in [3.63, 3.8) is 0 Å². The second-order valence-electron chi connectivity index (χ2n) is 10.5. The van der Waals surface area contributed by atoms with Crippen molar-refractivity contribution in [3.8, 4) is 5.69 Å². The summed E-state index contributed by atoms with van der Waals surface area (Å²) in [7, 11) is 0. The van der Waals surface area contributed by atoms with Gasteiger partial charge in [0, 0.05) is 36.5 Å². The van der Waals surface area contributed by atoms with E-state index in [9.17, 15) is 22.8 Å². The van der Waals surface area contributed by atoms with Gasteiger partial charge in [0.05, 0.1) is 11.3 Å². The SMILES string of the molecule is CC(C)(C)c1nnc([C@H]2CC[C@H](C(=O)NCCNC(=O)c3cn(-c4ccccc4)nc3C(F)(F)F)CC2)o1. The highest BCUT2D eigenvalue weighted by Gasteiger charge is 2.39. The summed E-state index contributed by atoms with van der Waals surface area (Å²) in [4.78, 5) is 25.1. The Kier molecular flexibility index (Phi) is 7.89. The first-order chi connectivity index (χ1) is 17.9. The van der Waals surface area contributed by atoms with Crippen molar-refractivity contribution in [1.29, 1.82) is 0 Å². The van der Waals surface area contributed by atoms with E-state index in [-0.39, 0.29) is 36.2 Å². The molecule has 2 heterocycles. The minimum atomic E-state index is -4.80. The Labute approximate surface area is 218 Å². The van der Waals surface area contributed by atoms with Gasteiger partial charge in [-0.25, -0.2) is 4.68 Å². The molecule has 1 aromatic carbocycles. The Hall–Kier alpha value is -3.70.